The summed E-state index contributed by atoms with van der Waals surface area (Å²) in [6, 6.07) is 0. The van der Waals surface area contributed by atoms with Crippen LogP contribution in [0.15, 0.2) is 0 Å². The predicted molar refractivity (Wildman–Crippen MR) is 271 cm³/mol. The second kappa shape index (κ2) is 34.8. The third kappa shape index (κ3) is 24.0. The van der Waals surface area contributed by atoms with Gasteiger partial charge in [0.2, 0.25) is 0 Å². The quantitative estimate of drug-likeness (QED) is 0.0304. The Labute approximate surface area is 447 Å². The summed E-state index contributed by atoms with van der Waals surface area (Å²) >= 11 is 0. The molecule has 9 atom stereocenters. The van der Waals surface area contributed by atoms with Crippen LogP contribution >= 0.6 is 0 Å². The number of carboxylic acid groups (broad SMARTS) is 3. The lowest BCUT2D eigenvalue weighted by Gasteiger charge is -2.35. The van der Waals surface area contributed by atoms with Gasteiger partial charge in [0.15, 0.2) is 6.10 Å². The molecule has 0 aliphatic rings. The molecule has 0 aromatic rings. The van der Waals surface area contributed by atoms with Crippen molar-refractivity contribution in [1.29, 1.82) is 0 Å². The van der Waals surface area contributed by atoms with Crippen molar-refractivity contribution in [2.24, 2.45) is 45.3 Å². The largest absolute Gasteiger partial charge is 0.481 e. The van der Waals surface area contributed by atoms with Crippen molar-refractivity contribution in [1.82, 2.24) is 0 Å². The number of carboxylic acids is 3. The highest BCUT2D eigenvalue weighted by atomic mass is 16.6. The first kappa shape index (κ1) is 70.2. The highest BCUT2D eigenvalue weighted by Gasteiger charge is 2.49. The highest BCUT2D eigenvalue weighted by molar-refractivity contribution is 5.86. The Morgan fingerprint density at radius 3 is 1.30 bits per heavy atom. The van der Waals surface area contributed by atoms with Crippen LogP contribution in [0.5, 0.6) is 0 Å². The number of methoxy groups -OCH3 is 2. The van der Waals surface area contributed by atoms with Crippen LogP contribution in [0.25, 0.3) is 0 Å². The van der Waals surface area contributed by atoms with Crippen molar-refractivity contribution in [2.75, 3.05) is 47.3 Å². The smallest absolute Gasteiger partial charge is 0.347 e. The predicted octanol–water partition coefficient (Wildman–Crippen LogP) is 7.46. The zero-order chi connectivity index (χ0) is 58.5. The zero-order valence-corrected chi connectivity index (χ0v) is 47.0. The van der Waals surface area contributed by atoms with E-state index in [0.717, 1.165) is 20.0 Å². The van der Waals surface area contributed by atoms with Crippen molar-refractivity contribution in [2.45, 2.75) is 184 Å². The number of unbranched alkanes of at least 4 members (excludes halogenated alkanes) is 4. The average molecular weight is 1090 g/mol. The third-order valence-corrected chi connectivity index (χ3v) is 14.0. The van der Waals surface area contributed by atoms with E-state index >= 15 is 0 Å². The molecule has 0 saturated heterocycles. The van der Waals surface area contributed by atoms with Crippen LogP contribution in [0.4, 0.5) is 0 Å². The van der Waals surface area contributed by atoms with E-state index in [0.29, 0.717) is 32.1 Å². The van der Waals surface area contributed by atoms with Crippen LogP contribution < -0.4 is 0 Å². The molecule has 0 fully saturated rings. The van der Waals surface area contributed by atoms with E-state index in [1.807, 2.05) is 13.8 Å². The zero-order valence-electron chi connectivity index (χ0n) is 47.0. The number of esters is 8. The Hall–Kier alpha value is -5.83. The molecule has 0 aliphatic carbocycles. The van der Waals surface area contributed by atoms with Crippen LogP contribution in [-0.2, 0) is 90.6 Å². The second-order valence-electron chi connectivity index (χ2n) is 20.7. The van der Waals surface area contributed by atoms with Crippen molar-refractivity contribution >= 4 is 65.7 Å². The van der Waals surface area contributed by atoms with Crippen LogP contribution in [0.3, 0.4) is 0 Å². The van der Waals surface area contributed by atoms with E-state index < -0.39 is 136 Å². The molecule has 0 bridgehead atoms. The maximum absolute atomic E-state index is 13.3. The molecule has 3 N–H and O–H groups in total. The van der Waals surface area contributed by atoms with Crippen molar-refractivity contribution in [3.05, 3.63) is 0 Å². The SMILES string of the molecule is CCCCOC(=O)C(C)CC(C)(CC(CC(C)(CC)C(=O)OCCOC(=O)CCCCCOC(=O)C(C)OC(=O)CC(CC)(CC(CC(C)(CC(C)C(=O)OCCCC)C(=O)OC)C(=O)O)C(=O)O)C(=O)O)C(=O)OC. The maximum atomic E-state index is 13.3. The minimum atomic E-state index is -1.99. The van der Waals surface area contributed by atoms with E-state index in [1.54, 1.807) is 20.8 Å². The monoisotopic (exact) mass is 1090 g/mol. The van der Waals surface area contributed by atoms with Gasteiger partial charge in [0.05, 0.1) is 85.8 Å². The molecule has 0 aromatic carbocycles. The topological polar surface area (TPSA) is 322 Å². The summed E-state index contributed by atoms with van der Waals surface area (Å²) in [5.41, 5.74) is -6.26. The lowest BCUT2D eigenvalue weighted by atomic mass is 9.68. The Morgan fingerprint density at radius 1 is 0.447 bits per heavy atom. The molecule has 76 heavy (non-hydrogen) atoms. The number of hydrogen-bond acceptors (Lipinski definition) is 19. The summed E-state index contributed by atoms with van der Waals surface area (Å²) in [4.78, 5) is 141. The van der Waals surface area contributed by atoms with Gasteiger partial charge in [-0.05, 0) is 111 Å². The van der Waals surface area contributed by atoms with Gasteiger partial charge in [0.25, 0.3) is 0 Å². The van der Waals surface area contributed by atoms with E-state index in [2.05, 4.69) is 0 Å². The van der Waals surface area contributed by atoms with Crippen molar-refractivity contribution in [3.8, 4) is 0 Å². The van der Waals surface area contributed by atoms with Gasteiger partial charge in [-0.3, -0.25) is 47.9 Å². The molecule has 0 saturated carbocycles. The summed E-state index contributed by atoms with van der Waals surface area (Å²) in [7, 11) is 2.27. The number of carbonyl (C=O) groups is 11. The summed E-state index contributed by atoms with van der Waals surface area (Å²) in [6.45, 7) is 15.5. The molecule has 0 heterocycles. The lowest BCUT2D eigenvalue weighted by Crippen LogP contribution is -2.41. The minimum Gasteiger partial charge on any atom is -0.481 e. The Balaban J connectivity index is 5.25. The summed E-state index contributed by atoms with van der Waals surface area (Å²) in [6.07, 6.45) is -0.146. The Kier molecular flexibility index (Phi) is 32.1. The standard InChI is InChI=1S/C54H88O22/c1-13-17-23-72-44(61)35(5)28-52(9,48(66)69-11)31-38(42(57)58)30-51(8,15-3)50(68)75-27-26-71-40(55)22-20-19-21-25-74-46(63)37(7)76-41(56)34-54(16-4,47(64)65)33-39(43(59)60)32-53(10,49(67)70-12)29-36(6)45(62)73-24-18-14-2/h35-39H,13-34H2,1-12H3,(H,57,58)(H,59,60)(H,64,65). The van der Waals surface area contributed by atoms with Gasteiger partial charge in [-0.1, -0.05) is 54.4 Å². The Morgan fingerprint density at radius 2 is 0.882 bits per heavy atom. The van der Waals surface area contributed by atoms with Gasteiger partial charge < -0.3 is 53.2 Å². The van der Waals surface area contributed by atoms with Crippen molar-refractivity contribution in [3.63, 3.8) is 0 Å². The lowest BCUT2D eigenvalue weighted by molar-refractivity contribution is -0.171. The number of aliphatic carboxylic acids is 3. The molecule has 0 aliphatic heterocycles. The average Bonchev–Trinajstić information content (AvgIpc) is 3.36. The first-order valence-corrected chi connectivity index (χ1v) is 26.4. The molecular formula is C54H88O22. The summed E-state index contributed by atoms with van der Waals surface area (Å²) in [5, 5.41) is 30.8. The van der Waals surface area contributed by atoms with E-state index in [4.69, 9.17) is 37.9 Å². The number of carbonyl (C=O) groups excluding carboxylic acids is 8. The fourth-order valence-electron chi connectivity index (χ4n) is 8.99. The third-order valence-electron chi connectivity index (χ3n) is 14.0. The molecule has 22 heteroatoms. The molecule has 0 spiro atoms. The normalized spacial score (nSPS) is 16.4. The van der Waals surface area contributed by atoms with Gasteiger partial charge in [-0.25, -0.2) is 4.79 Å². The molecule has 0 radical (unpaired) electrons. The summed E-state index contributed by atoms with van der Waals surface area (Å²) in [5.74, 6) is -14.5. The molecular weight excluding hydrogens is 1000 g/mol. The highest BCUT2D eigenvalue weighted by Crippen LogP contribution is 2.43. The van der Waals surface area contributed by atoms with Crippen LogP contribution in [0.2, 0.25) is 0 Å². The van der Waals surface area contributed by atoms with E-state index in [9.17, 15) is 68.1 Å². The first-order valence-electron chi connectivity index (χ1n) is 26.4. The molecule has 436 valence electrons. The van der Waals surface area contributed by atoms with Gasteiger partial charge >= 0.3 is 65.7 Å². The maximum Gasteiger partial charge on any atom is 0.347 e. The van der Waals surface area contributed by atoms with Gasteiger partial charge in [0.1, 0.15) is 13.2 Å². The van der Waals surface area contributed by atoms with E-state index in [1.165, 1.54) is 41.7 Å². The first-order chi connectivity index (χ1) is 35.5. The number of hydrogen-bond donors (Lipinski definition) is 3. The minimum absolute atomic E-state index is 0.0305. The molecule has 22 nitrogen and oxygen atoms in total. The summed E-state index contributed by atoms with van der Waals surface area (Å²) < 4.78 is 41.6. The molecule has 0 rings (SSSR count). The Bertz CT molecular complexity index is 1930. The molecule has 0 amide bonds. The second-order valence-corrected chi connectivity index (χ2v) is 20.7. The fourth-order valence-corrected chi connectivity index (χ4v) is 8.99. The number of ether oxygens (including phenoxy) is 8. The fraction of sp³-hybridized carbons (Fsp3) is 0.796. The molecule has 0 aromatic heterocycles. The van der Waals surface area contributed by atoms with Crippen molar-refractivity contribution < 1.29 is 106 Å². The van der Waals surface area contributed by atoms with E-state index in [-0.39, 0.29) is 78.0 Å². The van der Waals surface area contributed by atoms with Gasteiger partial charge in [-0.2, -0.15) is 0 Å². The van der Waals surface area contributed by atoms with Crippen LogP contribution in [-0.4, -0.2) is 134 Å². The van der Waals surface area contributed by atoms with Gasteiger partial charge in [0, 0.05) is 6.42 Å². The molecule has 9 unspecified atom stereocenters. The van der Waals surface area contributed by atoms with Crippen LogP contribution in [0, 0.1) is 45.3 Å². The number of rotatable bonds is 41. The van der Waals surface area contributed by atoms with Gasteiger partial charge in [-0.15, -0.1) is 0 Å². The van der Waals surface area contributed by atoms with Crippen LogP contribution in [0.1, 0.15) is 178 Å².